The first-order valence-corrected chi connectivity index (χ1v) is 10.5. The topological polar surface area (TPSA) is 76.5 Å². The Bertz CT molecular complexity index is 1050. The van der Waals surface area contributed by atoms with Gasteiger partial charge in [-0.1, -0.05) is 44.2 Å². The fraction of sp³-hybridized carbons (Fsp3) is 0.292. The largest absolute Gasteiger partial charge is 0.492 e. The van der Waals surface area contributed by atoms with Crippen LogP contribution in [0.2, 0.25) is 0 Å². The molecular formula is C24H28N4O3. The van der Waals surface area contributed by atoms with E-state index >= 15 is 0 Å². The molecule has 7 nitrogen and oxygen atoms in total. The average molecular weight is 421 g/mol. The molecule has 0 aliphatic carbocycles. The number of hydrogen-bond acceptors (Lipinski definition) is 5. The molecule has 0 fully saturated rings. The molecule has 0 spiro atoms. The van der Waals surface area contributed by atoms with Crippen molar-refractivity contribution in [3.8, 4) is 5.75 Å². The van der Waals surface area contributed by atoms with Crippen LogP contribution >= 0.6 is 0 Å². The molecule has 3 rings (SSSR count). The Morgan fingerprint density at radius 1 is 1.03 bits per heavy atom. The van der Waals surface area contributed by atoms with E-state index in [-0.39, 0.29) is 30.3 Å². The van der Waals surface area contributed by atoms with Gasteiger partial charge in [-0.05, 0) is 49.0 Å². The monoisotopic (exact) mass is 420 g/mol. The molecule has 0 saturated heterocycles. The zero-order valence-corrected chi connectivity index (χ0v) is 18.0. The second kappa shape index (κ2) is 11.1. The van der Waals surface area contributed by atoms with Crippen molar-refractivity contribution in [1.29, 1.82) is 0 Å². The molecule has 0 aliphatic rings. The standard InChI is InChI=1S/C24H28N4O3/c1-3-27(4-2)18-19-9-8-10-20(17-19)25-24(30)22-13-14-23(29)28(26-22)15-16-31-21-11-6-5-7-12-21/h5-14,17H,3-4,15-16,18H2,1-2H3,(H,25,30). The summed E-state index contributed by atoms with van der Waals surface area (Å²) in [4.78, 5) is 27.1. The van der Waals surface area contributed by atoms with Crippen LogP contribution in [0.4, 0.5) is 5.69 Å². The first-order chi connectivity index (χ1) is 15.1. The Balaban J connectivity index is 1.64. The smallest absolute Gasteiger partial charge is 0.276 e. The summed E-state index contributed by atoms with van der Waals surface area (Å²) < 4.78 is 6.86. The number of carbonyl (C=O) groups excluding carboxylic acids is 1. The van der Waals surface area contributed by atoms with Gasteiger partial charge >= 0.3 is 0 Å². The van der Waals surface area contributed by atoms with Crippen LogP contribution in [0.15, 0.2) is 71.5 Å². The molecule has 162 valence electrons. The van der Waals surface area contributed by atoms with Gasteiger partial charge in [0.1, 0.15) is 18.1 Å². The van der Waals surface area contributed by atoms with Crippen LogP contribution in [0.25, 0.3) is 0 Å². The minimum atomic E-state index is -0.363. The van der Waals surface area contributed by atoms with Crippen LogP contribution in [-0.2, 0) is 13.1 Å². The van der Waals surface area contributed by atoms with Crippen molar-refractivity contribution < 1.29 is 9.53 Å². The maximum atomic E-state index is 12.7. The predicted octanol–water partition coefficient (Wildman–Crippen LogP) is 3.42. The van der Waals surface area contributed by atoms with E-state index in [4.69, 9.17) is 4.74 Å². The number of nitrogens with one attached hydrogen (secondary N) is 1. The summed E-state index contributed by atoms with van der Waals surface area (Å²) in [7, 11) is 0. The number of anilines is 1. The van der Waals surface area contributed by atoms with Gasteiger partial charge in [0, 0.05) is 18.3 Å². The van der Waals surface area contributed by atoms with Crippen molar-refractivity contribution in [1.82, 2.24) is 14.7 Å². The van der Waals surface area contributed by atoms with Gasteiger partial charge in [0.2, 0.25) is 0 Å². The predicted molar refractivity (Wildman–Crippen MR) is 121 cm³/mol. The Morgan fingerprint density at radius 3 is 2.55 bits per heavy atom. The quantitative estimate of drug-likeness (QED) is 0.544. The van der Waals surface area contributed by atoms with Gasteiger partial charge < -0.3 is 10.1 Å². The highest BCUT2D eigenvalue weighted by atomic mass is 16.5. The van der Waals surface area contributed by atoms with Crippen molar-refractivity contribution in [2.24, 2.45) is 0 Å². The number of nitrogens with zero attached hydrogens (tertiary/aromatic N) is 3. The van der Waals surface area contributed by atoms with E-state index in [1.807, 2.05) is 54.6 Å². The number of ether oxygens (including phenoxy) is 1. The van der Waals surface area contributed by atoms with Crippen molar-refractivity contribution >= 4 is 11.6 Å². The van der Waals surface area contributed by atoms with E-state index < -0.39 is 0 Å². The Kier molecular flexibility index (Phi) is 7.95. The summed E-state index contributed by atoms with van der Waals surface area (Å²) in [6.45, 7) is 7.52. The molecule has 1 aromatic heterocycles. The van der Waals surface area contributed by atoms with E-state index in [2.05, 4.69) is 29.2 Å². The number of para-hydroxylation sites is 1. The lowest BCUT2D eigenvalue weighted by molar-refractivity contribution is 0.101. The molecule has 1 N–H and O–H groups in total. The Morgan fingerprint density at radius 2 is 1.81 bits per heavy atom. The number of carbonyl (C=O) groups is 1. The molecule has 0 saturated carbocycles. The van der Waals surface area contributed by atoms with Gasteiger partial charge in [-0.25, -0.2) is 4.68 Å². The third kappa shape index (κ3) is 6.52. The van der Waals surface area contributed by atoms with Crippen molar-refractivity contribution in [2.75, 3.05) is 25.0 Å². The Hall–Kier alpha value is -3.45. The van der Waals surface area contributed by atoms with Crippen LogP contribution in [0.3, 0.4) is 0 Å². The van der Waals surface area contributed by atoms with Crippen LogP contribution in [0.5, 0.6) is 5.75 Å². The number of amides is 1. The van der Waals surface area contributed by atoms with Crippen molar-refractivity contribution in [2.45, 2.75) is 26.9 Å². The molecule has 3 aromatic rings. The first kappa shape index (κ1) is 22.2. The van der Waals surface area contributed by atoms with E-state index in [9.17, 15) is 9.59 Å². The second-order valence-corrected chi connectivity index (χ2v) is 7.06. The molecule has 0 atom stereocenters. The normalized spacial score (nSPS) is 10.8. The third-order valence-electron chi connectivity index (χ3n) is 4.90. The molecule has 31 heavy (non-hydrogen) atoms. The van der Waals surface area contributed by atoms with Gasteiger partial charge in [0.25, 0.3) is 11.5 Å². The van der Waals surface area contributed by atoms with Gasteiger partial charge in [0.05, 0.1) is 6.54 Å². The lowest BCUT2D eigenvalue weighted by atomic mass is 10.2. The summed E-state index contributed by atoms with van der Waals surface area (Å²) in [5, 5.41) is 7.07. The molecule has 0 radical (unpaired) electrons. The van der Waals surface area contributed by atoms with Crippen LogP contribution in [-0.4, -0.2) is 40.3 Å². The van der Waals surface area contributed by atoms with Crippen LogP contribution in [0, 0.1) is 0 Å². The fourth-order valence-electron chi connectivity index (χ4n) is 3.14. The van der Waals surface area contributed by atoms with Crippen LogP contribution < -0.4 is 15.6 Å². The van der Waals surface area contributed by atoms with Crippen molar-refractivity contribution in [3.63, 3.8) is 0 Å². The maximum Gasteiger partial charge on any atom is 0.276 e. The zero-order valence-electron chi connectivity index (χ0n) is 18.0. The summed E-state index contributed by atoms with van der Waals surface area (Å²) in [5.74, 6) is 0.353. The average Bonchev–Trinajstić information content (AvgIpc) is 2.79. The van der Waals surface area contributed by atoms with E-state index in [0.717, 1.165) is 25.2 Å². The summed E-state index contributed by atoms with van der Waals surface area (Å²) in [5.41, 5.74) is 1.71. The third-order valence-corrected chi connectivity index (χ3v) is 4.90. The SMILES string of the molecule is CCN(CC)Cc1cccc(NC(=O)c2ccc(=O)n(CCOc3ccccc3)n2)c1. The van der Waals surface area contributed by atoms with Crippen molar-refractivity contribution in [3.05, 3.63) is 88.3 Å². The highest BCUT2D eigenvalue weighted by Crippen LogP contribution is 2.14. The molecule has 0 bridgehead atoms. The van der Waals surface area contributed by atoms with Gasteiger partial charge in [-0.15, -0.1) is 0 Å². The maximum absolute atomic E-state index is 12.7. The highest BCUT2D eigenvalue weighted by Gasteiger charge is 2.11. The number of rotatable bonds is 10. The first-order valence-electron chi connectivity index (χ1n) is 10.5. The molecule has 1 amide bonds. The number of benzene rings is 2. The summed E-state index contributed by atoms with van der Waals surface area (Å²) >= 11 is 0. The van der Waals surface area contributed by atoms with Gasteiger partial charge in [-0.3, -0.25) is 14.5 Å². The molecular weight excluding hydrogens is 392 g/mol. The fourth-order valence-corrected chi connectivity index (χ4v) is 3.14. The molecule has 1 heterocycles. The van der Waals surface area contributed by atoms with E-state index in [0.29, 0.717) is 11.4 Å². The second-order valence-electron chi connectivity index (χ2n) is 7.06. The Labute approximate surface area is 182 Å². The number of hydrogen-bond donors (Lipinski definition) is 1. The lowest BCUT2D eigenvalue weighted by Crippen LogP contribution is -2.28. The molecule has 2 aromatic carbocycles. The van der Waals surface area contributed by atoms with Gasteiger partial charge in [-0.2, -0.15) is 5.10 Å². The highest BCUT2D eigenvalue weighted by molar-refractivity contribution is 6.02. The lowest BCUT2D eigenvalue weighted by Gasteiger charge is -2.18. The minimum absolute atomic E-state index is 0.174. The van der Waals surface area contributed by atoms with E-state index in [1.165, 1.54) is 16.8 Å². The minimum Gasteiger partial charge on any atom is -0.492 e. The van der Waals surface area contributed by atoms with Gasteiger partial charge in [0.15, 0.2) is 0 Å². The molecule has 0 aliphatic heterocycles. The molecule has 7 heteroatoms. The molecule has 0 unspecified atom stereocenters. The summed E-state index contributed by atoms with van der Waals surface area (Å²) in [6.07, 6.45) is 0. The zero-order chi connectivity index (χ0) is 22.1. The van der Waals surface area contributed by atoms with Crippen LogP contribution in [0.1, 0.15) is 29.9 Å². The summed E-state index contributed by atoms with van der Waals surface area (Å²) in [6, 6.07) is 19.9. The van der Waals surface area contributed by atoms with E-state index in [1.54, 1.807) is 0 Å². The number of aromatic nitrogens is 2.